The number of carbonyl (C=O) groups is 1. The third-order valence-electron chi connectivity index (χ3n) is 2.03. The average Bonchev–Trinajstić information content (AvgIpc) is 2.26. The molecule has 1 rings (SSSR count). The van der Waals surface area contributed by atoms with Crippen molar-refractivity contribution < 1.29 is 14.3 Å². The fraction of sp³-hybridized carbons (Fsp3) is 0.364. The second-order valence-electron chi connectivity index (χ2n) is 3.34. The van der Waals surface area contributed by atoms with Gasteiger partial charge in [0.25, 0.3) is 0 Å². The standard InChI is InChI=1S/C11H11Br2ClO3/c1-6-3-7(12)4-9(14)10(6)17-5-8(13)11(15)16-2/h3-4,8H,5H2,1-2H3. The molecule has 0 saturated carbocycles. The number of ether oxygens (including phenoxy) is 2. The van der Waals surface area contributed by atoms with Crippen molar-refractivity contribution in [2.24, 2.45) is 0 Å². The predicted molar refractivity (Wildman–Crippen MR) is 74.1 cm³/mol. The van der Waals surface area contributed by atoms with Gasteiger partial charge in [-0.2, -0.15) is 0 Å². The van der Waals surface area contributed by atoms with E-state index in [2.05, 4.69) is 36.6 Å². The second kappa shape index (κ2) is 6.61. The number of alkyl halides is 1. The number of carbonyl (C=O) groups excluding carboxylic acids is 1. The number of esters is 1. The van der Waals surface area contributed by atoms with E-state index in [0.29, 0.717) is 10.8 Å². The Hall–Kier alpha value is -0.260. The van der Waals surface area contributed by atoms with E-state index in [9.17, 15) is 4.79 Å². The molecular formula is C11H11Br2ClO3. The third-order valence-corrected chi connectivity index (χ3v) is 3.40. The molecule has 1 unspecified atom stereocenters. The van der Waals surface area contributed by atoms with Gasteiger partial charge in [0.15, 0.2) is 0 Å². The smallest absolute Gasteiger partial charge is 0.322 e. The fourth-order valence-corrected chi connectivity index (χ4v) is 2.57. The molecule has 94 valence electrons. The number of benzene rings is 1. The highest BCUT2D eigenvalue weighted by molar-refractivity contribution is 9.10. The fourth-order valence-electron chi connectivity index (χ4n) is 1.22. The molecule has 0 amide bonds. The second-order valence-corrected chi connectivity index (χ2v) is 5.76. The lowest BCUT2D eigenvalue weighted by Crippen LogP contribution is -2.23. The van der Waals surface area contributed by atoms with Gasteiger partial charge in [-0.15, -0.1) is 0 Å². The molecule has 6 heteroatoms. The lowest BCUT2D eigenvalue weighted by Gasteiger charge is -2.13. The van der Waals surface area contributed by atoms with Crippen LogP contribution in [0.4, 0.5) is 0 Å². The molecule has 0 aliphatic carbocycles. The molecule has 0 saturated heterocycles. The molecule has 0 heterocycles. The van der Waals surface area contributed by atoms with Crippen molar-refractivity contribution in [1.29, 1.82) is 0 Å². The maximum absolute atomic E-state index is 11.2. The van der Waals surface area contributed by atoms with Crippen LogP contribution in [0.5, 0.6) is 5.75 Å². The SMILES string of the molecule is COC(=O)C(Br)COc1c(C)cc(Br)cc1Cl. The van der Waals surface area contributed by atoms with Crippen LogP contribution in [-0.2, 0) is 9.53 Å². The molecule has 0 spiro atoms. The van der Waals surface area contributed by atoms with Gasteiger partial charge in [-0.1, -0.05) is 43.5 Å². The normalized spacial score (nSPS) is 12.1. The van der Waals surface area contributed by atoms with E-state index in [4.69, 9.17) is 16.3 Å². The number of hydrogen-bond donors (Lipinski definition) is 0. The molecule has 17 heavy (non-hydrogen) atoms. The summed E-state index contributed by atoms with van der Waals surface area (Å²) in [5.74, 6) is 0.194. The molecule has 0 N–H and O–H groups in total. The van der Waals surface area contributed by atoms with E-state index in [1.54, 1.807) is 6.07 Å². The summed E-state index contributed by atoms with van der Waals surface area (Å²) in [6, 6.07) is 3.63. The van der Waals surface area contributed by atoms with Crippen molar-refractivity contribution in [3.63, 3.8) is 0 Å². The Kier molecular flexibility index (Phi) is 5.76. The van der Waals surface area contributed by atoms with Crippen molar-refractivity contribution in [2.45, 2.75) is 11.8 Å². The molecule has 0 aromatic heterocycles. The van der Waals surface area contributed by atoms with E-state index in [-0.39, 0.29) is 12.6 Å². The summed E-state index contributed by atoms with van der Waals surface area (Å²) in [7, 11) is 1.33. The number of hydrogen-bond acceptors (Lipinski definition) is 3. The van der Waals surface area contributed by atoms with Crippen LogP contribution < -0.4 is 4.74 Å². The zero-order valence-corrected chi connectivity index (χ0v) is 13.2. The van der Waals surface area contributed by atoms with Crippen LogP contribution in [0.2, 0.25) is 5.02 Å². The molecule has 1 atom stereocenters. The first-order valence-corrected chi connectivity index (χ1v) is 6.84. The van der Waals surface area contributed by atoms with Gasteiger partial charge in [-0.25, -0.2) is 0 Å². The monoisotopic (exact) mass is 384 g/mol. The first kappa shape index (κ1) is 14.8. The van der Waals surface area contributed by atoms with Gasteiger partial charge >= 0.3 is 5.97 Å². The molecule has 0 radical (unpaired) electrons. The molecule has 1 aromatic carbocycles. The van der Waals surface area contributed by atoms with Gasteiger partial charge in [0.1, 0.15) is 17.2 Å². The number of aryl methyl sites for hydroxylation is 1. The lowest BCUT2D eigenvalue weighted by atomic mass is 10.2. The quantitative estimate of drug-likeness (QED) is 0.584. The van der Waals surface area contributed by atoms with Crippen LogP contribution in [0.15, 0.2) is 16.6 Å². The van der Waals surface area contributed by atoms with E-state index in [0.717, 1.165) is 10.0 Å². The Morgan fingerprint density at radius 1 is 1.53 bits per heavy atom. The molecular weight excluding hydrogens is 375 g/mol. The van der Waals surface area contributed by atoms with Gasteiger partial charge in [-0.3, -0.25) is 4.79 Å². The van der Waals surface area contributed by atoms with E-state index in [1.807, 2.05) is 13.0 Å². The van der Waals surface area contributed by atoms with E-state index >= 15 is 0 Å². The molecule has 3 nitrogen and oxygen atoms in total. The van der Waals surface area contributed by atoms with Crippen LogP contribution in [0, 0.1) is 6.92 Å². The van der Waals surface area contributed by atoms with Crippen LogP contribution in [0.3, 0.4) is 0 Å². The summed E-state index contributed by atoms with van der Waals surface area (Å²) in [5, 5.41) is 0.501. The average molecular weight is 386 g/mol. The minimum Gasteiger partial charge on any atom is -0.490 e. The van der Waals surface area contributed by atoms with Crippen molar-refractivity contribution in [1.82, 2.24) is 0 Å². The van der Waals surface area contributed by atoms with Gasteiger partial charge in [0.2, 0.25) is 0 Å². The minimum absolute atomic E-state index is 0.162. The van der Waals surface area contributed by atoms with E-state index < -0.39 is 4.83 Å². The zero-order chi connectivity index (χ0) is 13.0. The Morgan fingerprint density at radius 3 is 2.71 bits per heavy atom. The highest BCUT2D eigenvalue weighted by Crippen LogP contribution is 2.32. The number of methoxy groups -OCH3 is 1. The molecule has 1 aromatic rings. The summed E-state index contributed by atoms with van der Waals surface area (Å²) in [5.41, 5.74) is 0.897. The van der Waals surface area contributed by atoms with Crippen molar-refractivity contribution >= 4 is 49.4 Å². The maximum Gasteiger partial charge on any atom is 0.322 e. The molecule has 0 aliphatic heterocycles. The van der Waals surface area contributed by atoms with Crippen molar-refractivity contribution in [3.05, 3.63) is 27.2 Å². The van der Waals surface area contributed by atoms with Crippen LogP contribution in [-0.4, -0.2) is 24.5 Å². The van der Waals surface area contributed by atoms with Crippen LogP contribution in [0.25, 0.3) is 0 Å². The van der Waals surface area contributed by atoms with Crippen molar-refractivity contribution in [3.8, 4) is 5.75 Å². The molecule has 0 fully saturated rings. The van der Waals surface area contributed by atoms with Crippen LogP contribution >= 0.6 is 43.5 Å². The first-order chi connectivity index (χ1) is 7.95. The Bertz CT molecular complexity index is 400. The third kappa shape index (κ3) is 4.16. The highest BCUT2D eigenvalue weighted by Gasteiger charge is 2.17. The summed E-state index contributed by atoms with van der Waals surface area (Å²) < 4.78 is 11.0. The maximum atomic E-state index is 11.2. The Labute approximate surface area is 122 Å². The minimum atomic E-state index is -0.508. The topological polar surface area (TPSA) is 35.5 Å². The largest absolute Gasteiger partial charge is 0.490 e. The Balaban J connectivity index is 2.73. The van der Waals surface area contributed by atoms with E-state index in [1.165, 1.54) is 7.11 Å². The van der Waals surface area contributed by atoms with Gasteiger partial charge in [0, 0.05) is 4.47 Å². The zero-order valence-electron chi connectivity index (χ0n) is 9.30. The van der Waals surface area contributed by atoms with Gasteiger partial charge < -0.3 is 9.47 Å². The van der Waals surface area contributed by atoms with Gasteiger partial charge in [0.05, 0.1) is 12.1 Å². The summed E-state index contributed by atoms with van der Waals surface area (Å²) in [6.45, 7) is 2.04. The molecule has 0 bridgehead atoms. The Morgan fingerprint density at radius 2 is 2.18 bits per heavy atom. The first-order valence-electron chi connectivity index (χ1n) is 4.76. The number of halogens is 3. The van der Waals surface area contributed by atoms with Crippen molar-refractivity contribution in [2.75, 3.05) is 13.7 Å². The summed E-state index contributed by atoms with van der Waals surface area (Å²) in [4.78, 5) is 10.7. The lowest BCUT2D eigenvalue weighted by molar-refractivity contribution is -0.140. The van der Waals surface area contributed by atoms with Gasteiger partial charge in [-0.05, 0) is 24.6 Å². The number of rotatable bonds is 4. The van der Waals surface area contributed by atoms with Crippen LogP contribution in [0.1, 0.15) is 5.56 Å². The molecule has 0 aliphatic rings. The summed E-state index contributed by atoms with van der Waals surface area (Å²) in [6.07, 6.45) is 0. The summed E-state index contributed by atoms with van der Waals surface area (Å²) >= 11 is 12.6. The highest BCUT2D eigenvalue weighted by atomic mass is 79.9. The predicted octanol–water partition coefficient (Wildman–Crippen LogP) is 3.73.